The third-order valence-electron chi connectivity index (χ3n) is 6.28. The van der Waals surface area contributed by atoms with Gasteiger partial charge in [-0.1, -0.05) is 13.0 Å². The molecule has 35 heavy (non-hydrogen) atoms. The first-order chi connectivity index (χ1) is 16.7. The summed E-state index contributed by atoms with van der Waals surface area (Å²) in [5.41, 5.74) is 5.20. The minimum atomic E-state index is -4.81. The Morgan fingerprint density at radius 3 is 2.60 bits per heavy atom. The number of anilines is 2. The van der Waals surface area contributed by atoms with E-state index in [1.54, 1.807) is 6.92 Å². The van der Waals surface area contributed by atoms with Crippen molar-refractivity contribution in [2.45, 2.75) is 50.9 Å². The number of nitrogens with one attached hydrogen (secondary N) is 2. The molecule has 2 aromatic heterocycles. The van der Waals surface area contributed by atoms with Gasteiger partial charge in [-0.25, -0.2) is 15.1 Å². The predicted molar refractivity (Wildman–Crippen MR) is 125 cm³/mol. The van der Waals surface area contributed by atoms with Crippen LogP contribution in [0.5, 0.6) is 0 Å². The first-order valence-electron chi connectivity index (χ1n) is 11.7. The summed E-state index contributed by atoms with van der Waals surface area (Å²) in [4.78, 5) is 22.8. The van der Waals surface area contributed by atoms with Gasteiger partial charge in [-0.3, -0.25) is 4.79 Å². The number of alkyl halides is 3. The lowest BCUT2D eigenvalue weighted by molar-refractivity contribution is -0.138. The van der Waals surface area contributed by atoms with Crippen LogP contribution in [-0.2, 0) is 10.9 Å². The highest BCUT2D eigenvalue weighted by Crippen LogP contribution is 2.39. The number of aromatic amines is 1. The number of ether oxygens (including phenoxy) is 1. The van der Waals surface area contributed by atoms with Crippen molar-refractivity contribution in [1.29, 1.82) is 0 Å². The fourth-order valence-electron chi connectivity index (χ4n) is 4.32. The molecule has 1 aliphatic carbocycles. The maximum Gasteiger partial charge on any atom is 0.423 e. The van der Waals surface area contributed by atoms with E-state index in [0.29, 0.717) is 25.0 Å². The van der Waals surface area contributed by atoms with Crippen LogP contribution in [0.3, 0.4) is 0 Å². The third-order valence-corrected chi connectivity index (χ3v) is 6.28. The van der Waals surface area contributed by atoms with Crippen LogP contribution in [0, 0.1) is 5.92 Å². The molecule has 4 rings (SSSR count). The van der Waals surface area contributed by atoms with E-state index in [0.717, 1.165) is 11.8 Å². The second-order valence-corrected chi connectivity index (χ2v) is 9.19. The lowest BCUT2D eigenvalue weighted by Crippen LogP contribution is -2.41. The number of nitrogens with zero attached hydrogens (tertiary/aromatic N) is 4. The summed E-state index contributed by atoms with van der Waals surface area (Å²) >= 11 is 0. The van der Waals surface area contributed by atoms with Gasteiger partial charge < -0.3 is 20.7 Å². The second-order valence-electron chi connectivity index (χ2n) is 9.19. The molecule has 3 atom stereocenters. The molecule has 0 aromatic carbocycles. The Labute approximate surface area is 201 Å². The van der Waals surface area contributed by atoms with Crippen LogP contribution in [0.1, 0.15) is 43.7 Å². The SMILES string of the molecule is CC1CN(c2ncc(C3CC3)cn2)CC=C1C(CN)OC[C@H](C)Nc1cn[nH]c(=O)c1C(F)(F)F. The van der Waals surface area contributed by atoms with Crippen molar-refractivity contribution in [1.82, 2.24) is 20.2 Å². The van der Waals surface area contributed by atoms with Crippen molar-refractivity contribution in [3.63, 3.8) is 0 Å². The largest absolute Gasteiger partial charge is 0.423 e. The van der Waals surface area contributed by atoms with Crippen molar-refractivity contribution >= 4 is 11.6 Å². The van der Waals surface area contributed by atoms with Crippen LogP contribution >= 0.6 is 0 Å². The number of hydrogen-bond acceptors (Lipinski definition) is 8. The Balaban J connectivity index is 1.36. The lowest BCUT2D eigenvalue weighted by Gasteiger charge is -2.34. The molecule has 3 heterocycles. The summed E-state index contributed by atoms with van der Waals surface area (Å²) in [5, 5.41) is 7.97. The zero-order chi connectivity index (χ0) is 25.2. The van der Waals surface area contributed by atoms with Crippen LogP contribution in [0.25, 0.3) is 0 Å². The third kappa shape index (κ3) is 5.99. The molecule has 1 fully saturated rings. The van der Waals surface area contributed by atoms with Gasteiger partial charge in [0.2, 0.25) is 5.95 Å². The molecule has 9 nitrogen and oxygen atoms in total. The van der Waals surface area contributed by atoms with E-state index in [2.05, 4.69) is 38.3 Å². The van der Waals surface area contributed by atoms with Gasteiger partial charge in [0.15, 0.2) is 0 Å². The van der Waals surface area contributed by atoms with Crippen molar-refractivity contribution in [2.24, 2.45) is 11.7 Å². The summed E-state index contributed by atoms with van der Waals surface area (Å²) in [7, 11) is 0. The van der Waals surface area contributed by atoms with Crippen molar-refractivity contribution in [2.75, 3.05) is 36.5 Å². The average molecular weight is 494 g/mol. The van der Waals surface area contributed by atoms with Crippen molar-refractivity contribution < 1.29 is 17.9 Å². The molecule has 2 aromatic rings. The summed E-state index contributed by atoms with van der Waals surface area (Å²) in [6.45, 7) is 5.38. The van der Waals surface area contributed by atoms with Gasteiger partial charge in [0.1, 0.15) is 5.56 Å². The predicted octanol–water partition coefficient (Wildman–Crippen LogP) is 2.68. The zero-order valence-corrected chi connectivity index (χ0v) is 19.7. The Morgan fingerprint density at radius 2 is 2.00 bits per heavy atom. The first kappa shape index (κ1) is 25.1. The van der Waals surface area contributed by atoms with Crippen molar-refractivity contribution in [3.05, 3.63) is 51.7 Å². The Kier molecular flexibility index (Phi) is 7.41. The van der Waals surface area contributed by atoms with Gasteiger partial charge in [0.05, 0.1) is 24.6 Å². The fourth-order valence-corrected chi connectivity index (χ4v) is 4.32. The Morgan fingerprint density at radius 1 is 1.29 bits per heavy atom. The van der Waals surface area contributed by atoms with Crippen LogP contribution in [0.2, 0.25) is 0 Å². The van der Waals surface area contributed by atoms with Gasteiger partial charge in [-0.15, -0.1) is 0 Å². The van der Waals surface area contributed by atoms with Gasteiger partial charge in [-0.2, -0.15) is 18.3 Å². The fraction of sp³-hybridized carbons (Fsp3) is 0.565. The van der Waals surface area contributed by atoms with E-state index in [-0.39, 0.29) is 25.2 Å². The van der Waals surface area contributed by atoms with E-state index >= 15 is 0 Å². The van der Waals surface area contributed by atoms with Crippen LogP contribution in [0.15, 0.2) is 35.0 Å². The lowest BCUT2D eigenvalue weighted by atomic mass is 9.92. The highest BCUT2D eigenvalue weighted by molar-refractivity contribution is 5.50. The molecule has 0 saturated heterocycles. The Hall–Kier alpha value is -2.99. The van der Waals surface area contributed by atoms with Crippen LogP contribution in [-0.4, -0.2) is 58.6 Å². The molecule has 1 saturated carbocycles. The normalized spacial score (nSPS) is 20.3. The van der Waals surface area contributed by atoms with Gasteiger partial charge in [-0.05, 0) is 42.7 Å². The number of halogens is 3. The van der Waals surface area contributed by atoms with E-state index in [1.807, 2.05) is 17.5 Å². The molecule has 0 radical (unpaired) electrons. The van der Waals surface area contributed by atoms with Gasteiger partial charge in [0.25, 0.3) is 5.56 Å². The molecule has 1 aliphatic heterocycles. The Bertz CT molecular complexity index is 1100. The minimum absolute atomic E-state index is 0.0888. The molecule has 4 N–H and O–H groups in total. The monoisotopic (exact) mass is 493 g/mol. The van der Waals surface area contributed by atoms with E-state index in [1.165, 1.54) is 18.4 Å². The highest BCUT2D eigenvalue weighted by Gasteiger charge is 2.37. The molecule has 12 heteroatoms. The number of aromatic nitrogens is 4. The van der Waals surface area contributed by atoms with Crippen LogP contribution in [0.4, 0.5) is 24.8 Å². The molecule has 0 bridgehead atoms. The van der Waals surface area contributed by atoms with Gasteiger partial charge >= 0.3 is 6.18 Å². The summed E-state index contributed by atoms with van der Waals surface area (Å²) < 4.78 is 45.8. The van der Waals surface area contributed by atoms with E-state index in [9.17, 15) is 18.0 Å². The molecular weight excluding hydrogens is 463 g/mol. The van der Waals surface area contributed by atoms with E-state index in [4.69, 9.17) is 10.5 Å². The molecule has 2 aliphatic rings. The number of H-pyrrole nitrogens is 1. The topological polar surface area (TPSA) is 122 Å². The van der Waals surface area contributed by atoms with E-state index < -0.39 is 29.0 Å². The number of nitrogens with two attached hydrogens (primary N) is 1. The first-order valence-corrected chi connectivity index (χ1v) is 11.7. The standard InChI is InChI=1S/C23H30F3N7O2/c1-13-11-33(22-28-8-16(9-29-22)15-3-4-15)6-5-17(13)19(7-27)35-12-14(2)31-18-10-30-32-21(34)20(18)23(24,25)26/h5,8-10,13-15,19H,3-4,6-7,11-12,27H2,1-2H3,(H2,31,32,34)/t13?,14-,19?/m0/s1. The molecule has 0 amide bonds. The minimum Gasteiger partial charge on any atom is -0.378 e. The second kappa shape index (κ2) is 10.3. The van der Waals surface area contributed by atoms with Crippen molar-refractivity contribution in [3.8, 4) is 0 Å². The smallest absolute Gasteiger partial charge is 0.378 e. The average Bonchev–Trinajstić information content (AvgIpc) is 3.65. The summed E-state index contributed by atoms with van der Waals surface area (Å²) in [6.07, 6.45) is 4.03. The molecule has 2 unspecified atom stereocenters. The summed E-state index contributed by atoms with van der Waals surface area (Å²) in [6, 6.07) is -0.525. The number of rotatable bonds is 9. The molecule has 190 valence electrons. The van der Waals surface area contributed by atoms with Gasteiger partial charge in [0, 0.05) is 38.1 Å². The molecular formula is C23H30F3N7O2. The highest BCUT2D eigenvalue weighted by atomic mass is 19.4. The van der Waals surface area contributed by atoms with Crippen LogP contribution < -0.4 is 21.5 Å². The number of hydrogen-bond donors (Lipinski definition) is 3. The maximum absolute atomic E-state index is 13.3. The summed E-state index contributed by atoms with van der Waals surface area (Å²) in [5.74, 6) is 1.42. The molecule has 0 spiro atoms. The maximum atomic E-state index is 13.3. The quantitative estimate of drug-likeness (QED) is 0.456. The zero-order valence-electron chi connectivity index (χ0n) is 19.7.